The molecule has 104 valence electrons. The fourth-order valence-electron chi connectivity index (χ4n) is 2.49. The predicted octanol–water partition coefficient (Wildman–Crippen LogP) is 1.79. The van der Waals surface area contributed by atoms with Crippen molar-refractivity contribution in [3.8, 4) is 0 Å². The van der Waals surface area contributed by atoms with E-state index in [-0.39, 0.29) is 18.4 Å². The van der Waals surface area contributed by atoms with Gasteiger partial charge >= 0.3 is 0 Å². The quantitative estimate of drug-likeness (QED) is 0.889. The summed E-state index contributed by atoms with van der Waals surface area (Å²) >= 11 is 6.11. The van der Waals surface area contributed by atoms with Gasteiger partial charge in [0.2, 0.25) is 5.91 Å². The highest BCUT2D eigenvalue weighted by molar-refractivity contribution is 6.31. The number of hydrogen-bond acceptors (Lipinski definition) is 3. The molecule has 19 heavy (non-hydrogen) atoms. The smallest absolute Gasteiger partial charge is 0.224 e. The van der Waals surface area contributed by atoms with Crippen molar-refractivity contribution in [2.45, 2.75) is 19.4 Å². The first kappa shape index (κ1) is 14.2. The molecule has 1 unspecified atom stereocenters. The summed E-state index contributed by atoms with van der Waals surface area (Å²) < 4.78 is 0. The van der Waals surface area contributed by atoms with Crippen LogP contribution in [0.25, 0.3) is 0 Å². The summed E-state index contributed by atoms with van der Waals surface area (Å²) in [5.74, 6) is 0.137. The molecule has 1 aliphatic heterocycles. The van der Waals surface area contributed by atoms with Crippen molar-refractivity contribution >= 4 is 23.2 Å². The Labute approximate surface area is 118 Å². The Morgan fingerprint density at radius 2 is 2.37 bits per heavy atom. The van der Waals surface area contributed by atoms with E-state index in [0.717, 1.165) is 30.6 Å². The summed E-state index contributed by atoms with van der Waals surface area (Å²) in [6.45, 7) is 1.59. The van der Waals surface area contributed by atoms with Crippen LogP contribution in [0.15, 0.2) is 18.2 Å². The lowest BCUT2D eigenvalue weighted by atomic mass is 9.96. The van der Waals surface area contributed by atoms with Crippen LogP contribution in [-0.4, -0.2) is 31.2 Å². The highest BCUT2D eigenvalue weighted by Gasteiger charge is 2.25. The van der Waals surface area contributed by atoms with Gasteiger partial charge in [0.05, 0.1) is 12.5 Å². The number of rotatable bonds is 3. The molecule has 0 aromatic heterocycles. The molecule has 4 nitrogen and oxygen atoms in total. The first-order valence-electron chi connectivity index (χ1n) is 6.51. The van der Waals surface area contributed by atoms with E-state index in [2.05, 4.69) is 10.2 Å². The number of benzene rings is 1. The van der Waals surface area contributed by atoms with Crippen LogP contribution in [0.4, 0.5) is 5.69 Å². The minimum absolute atomic E-state index is 0.0371. The van der Waals surface area contributed by atoms with Gasteiger partial charge in [-0.2, -0.15) is 0 Å². The van der Waals surface area contributed by atoms with Gasteiger partial charge in [0.25, 0.3) is 0 Å². The number of aliphatic hydroxyl groups is 1. The van der Waals surface area contributed by atoms with Gasteiger partial charge in [0.1, 0.15) is 0 Å². The molecule has 0 bridgehead atoms. The molecule has 0 spiro atoms. The maximum atomic E-state index is 11.7. The van der Waals surface area contributed by atoms with Gasteiger partial charge in [-0.25, -0.2) is 0 Å². The third-order valence-corrected chi connectivity index (χ3v) is 3.96. The van der Waals surface area contributed by atoms with Crippen LogP contribution in [-0.2, 0) is 11.4 Å². The van der Waals surface area contributed by atoms with Gasteiger partial charge in [-0.15, -0.1) is 0 Å². The maximum absolute atomic E-state index is 11.7. The molecule has 1 amide bonds. The molecule has 2 N–H and O–H groups in total. The Morgan fingerprint density at radius 1 is 1.58 bits per heavy atom. The molecule has 0 radical (unpaired) electrons. The van der Waals surface area contributed by atoms with Crippen LogP contribution in [0.2, 0.25) is 5.02 Å². The second-order valence-electron chi connectivity index (χ2n) is 4.83. The Bertz CT molecular complexity index is 465. The number of carbonyl (C=O) groups excluding carboxylic acids is 1. The lowest BCUT2D eigenvalue weighted by molar-refractivity contribution is -0.124. The molecule has 0 saturated carbocycles. The molecule has 0 aliphatic carbocycles. The van der Waals surface area contributed by atoms with Gasteiger partial charge in [-0.3, -0.25) is 4.79 Å². The molecule has 1 fully saturated rings. The van der Waals surface area contributed by atoms with E-state index in [9.17, 15) is 4.79 Å². The number of piperidine rings is 1. The number of aliphatic hydroxyl groups excluding tert-OH is 1. The topological polar surface area (TPSA) is 52.6 Å². The molecular weight excluding hydrogens is 264 g/mol. The Hall–Kier alpha value is -1.26. The number of anilines is 1. The Morgan fingerprint density at radius 3 is 3.00 bits per heavy atom. The first-order valence-corrected chi connectivity index (χ1v) is 6.89. The minimum atomic E-state index is -0.0556. The molecule has 1 aromatic rings. The van der Waals surface area contributed by atoms with Crippen LogP contribution < -0.4 is 10.2 Å². The number of halogens is 1. The van der Waals surface area contributed by atoms with E-state index < -0.39 is 0 Å². The summed E-state index contributed by atoms with van der Waals surface area (Å²) in [7, 11) is 1.67. The van der Waals surface area contributed by atoms with Crippen molar-refractivity contribution in [2.75, 3.05) is 25.0 Å². The summed E-state index contributed by atoms with van der Waals surface area (Å²) in [4.78, 5) is 13.9. The number of nitrogens with zero attached hydrogens (tertiary/aromatic N) is 1. The van der Waals surface area contributed by atoms with Gasteiger partial charge in [-0.1, -0.05) is 17.7 Å². The largest absolute Gasteiger partial charge is 0.392 e. The molecule has 1 heterocycles. The predicted molar refractivity (Wildman–Crippen MR) is 76.4 cm³/mol. The van der Waals surface area contributed by atoms with E-state index in [4.69, 9.17) is 16.7 Å². The molecule has 1 atom stereocenters. The van der Waals surface area contributed by atoms with Gasteiger partial charge in [-0.05, 0) is 30.5 Å². The van der Waals surface area contributed by atoms with Crippen LogP contribution >= 0.6 is 11.6 Å². The third kappa shape index (κ3) is 3.19. The van der Waals surface area contributed by atoms with Crippen molar-refractivity contribution in [3.63, 3.8) is 0 Å². The number of amides is 1. The Balaban J connectivity index is 2.13. The van der Waals surface area contributed by atoms with Crippen LogP contribution in [0.3, 0.4) is 0 Å². The zero-order valence-corrected chi connectivity index (χ0v) is 11.8. The van der Waals surface area contributed by atoms with E-state index in [1.165, 1.54) is 0 Å². The van der Waals surface area contributed by atoms with Crippen molar-refractivity contribution in [2.24, 2.45) is 5.92 Å². The fraction of sp³-hybridized carbons (Fsp3) is 0.500. The lowest BCUT2D eigenvalue weighted by Crippen LogP contribution is -2.42. The van der Waals surface area contributed by atoms with E-state index in [1.54, 1.807) is 7.05 Å². The van der Waals surface area contributed by atoms with Crippen LogP contribution in [0.1, 0.15) is 18.4 Å². The summed E-state index contributed by atoms with van der Waals surface area (Å²) in [6, 6.07) is 5.64. The third-order valence-electron chi connectivity index (χ3n) is 3.61. The lowest BCUT2D eigenvalue weighted by Gasteiger charge is -2.33. The summed E-state index contributed by atoms with van der Waals surface area (Å²) in [5, 5.41) is 12.4. The van der Waals surface area contributed by atoms with Crippen molar-refractivity contribution < 1.29 is 9.90 Å². The number of hydrogen-bond donors (Lipinski definition) is 2. The minimum Gasteiger partial charge on any atom is -0.392 e. The monoisotopic (exact) mass is 282 g/mol. The average Bonchev–Trinajstić information content (AvgIpc) is 2.46. The molecule has 1 aliphatic rings. The Kier molecular flexibility index (Phi) is 4.66. The summed E-state index contributed by atoms with van der Waals surface area (Å²) in [6.07, 6.45) is 1.93. The SMILES string of the molecule is CNC(=O)C1CCCN(c2ccc(CO)c(Cl)c2)C1. The molecular formula is C14H19ClN2O2. The zero-order chi connectivity index (χ0) is 13.8. The zero-order valence-electron chi connectivity index (χ0n) is 11.0. The van der Waals surface area contributed by atoms with Gasteiger partial charge in [0.15, 0.2) is 0 Å². The second-order valence-corrected chi connectivity index (χ2v) is 5.24. The highest BCUT2D eigenvalue weighted by atomic mass is 35.5. The molecule has 5 heteroatoms. The van der Waals surface area contributed by atoms with Crippen molar-refractivity contribution in [1.82, 2.24) is 5.32 Å². The normalized spacial score (nSPS) is 19.3. The maximum Gasteiger partial charge on any atom is 0.224 e. The number of carbonyl (C=O) groups is 1. The number of nitrogens with one attached hydrogen (secondary N) is 1. The molecule has 2 rings (SSSR count). The van der Waals surface area contributed by atoms with Crippen molar-refractivity contribution in [3.05, 3.63) is 28.8 Å². The second kappa shape index (κ2) is 6.26. The molecule has 1 aromatic carbocycles. The average molecular weight is 283 g/mol. The fourth-order valence-corrected chi connectivity index (χ4v) is 2.73. The summed E-state index contributed by atoms with van der Waals surface area (Å²) in [5.41, 5.74) is 1.74. The standard InChI is InChI=1S/C14H19ClN2O2/c1-16-14(19)10-3-2-6-17(8-10)12-5-4-11(9-18)13(15)7-12/h4-5,7,10,18H,2-3,6,8-9H2,1H3,(H,16,19). The van der Waals surface area contributed by atoms with E-state index in [0.29, 0.717) is 11.6 Å². The molecule has 1 saturated heterocycles. The van der Waals surface area contributed by atoms with Gasteiger partial charge in [0, 0.05) is 30.8 Å². The van der Waals surface area contributed by atoms with Crippen LogP contribution in [0, 0.1) is 5.92 Å². The van der Waals surface area contributed by atoms with E-state index in [1.807, 2.05) is 18.2 Å². The van der Waals surface area contributed by atoms with E-state index >= 15 is 0 Å². The van der Waals surface area contributed by atoms with Crippen LogP contribution in [0.5, 0.6) is 0 Å². The van der Waals surface area contributed by atoms with Gasteiger partial charge < -0.3 is 15.3 Å². The van der Waals surface area contributed by atoms with Crippen molar-refractivity contribution in [1.29, 1.82) is 0 Å². The first-order chi connectivity index (χ1) is 9.15. The highest BCUT2D eigenvalue weighted by Crippen LogP contribution is 2.27.